The number of halogens is 3. The first-order valence-electron chi connectivity index (χ1n) is 3.83. The molecule has 0 spiro atoms. The second kappa shape index (κ2) is 7.91. The lowest BCUT2D eigenvalue weighted by molar-refractivity contribution is 0.190. The number of hydrogen-bond donors (Lipinski definition) is 2. The van der Waals surface area contributed by atoms with Crippen molar-refractivity contribution in [1.82, 2.24) is 4.98 Å². The lowest BCUT2D eigenvalue weighted by atomic mass is 10.1. The molecule has 86 valence electrons. The third-order valence-corrected chi connectivity index (χ3v) is 1.93. The van der Waals surface area contributed by atoms with E-state index in [1.165, 1.54) is 6.08 Å². The molecule has 0 saturated carbocycles. The van der Waals surface area contributed by atoms with Crippen LogP contribution in [0, 0.1) is 0 Å². The highest BCUT2D eigenvalue weighted by Crippen LogP contribution is 2.16. The summed E-state index contributed by atoms with van der Waals surface area (Å²) in [5.41, 5.74) is 6.23. The minimum atomic E-state index is -0.800. The third kappa shape index (κ3) is 4.82. The topological polar surface area (TPSA) is 59.1 Å². The molecule has 6 heteroatoms. The molecule has 0 unspecified atom stereocenters. The maximum atomic E-state index is 9.34. The number of hydrogen-bond acceptors (Lipinski definition) is 3. The zero-order chi connectivity index (χ0) is 9.84. The average molecular weight is 272 g/mol. The summed E-state index contributed by atoms with van der Waals surface area (Å²) in [4.78, 5) is 3.99. The Morgan fingerprint density at radius 1 is 1.53 bits per heavy atom. The van der Waals surface area contributed by atoms with Gasteiger partial charge in [0, 0.05) is 11.2 Å². The van der Waals surface area contributed by atoms with Crippen molar-refractivity contribution in [2.75, 3.05) is 0 Å². The summed E-state index contributed by atoms with van der Waals surface area (Å²) >= 11 is 5.73. The molecule has 0 bridgehead atoms. The molecule has 1 rings (SSSR count). The first-order chi connectivity index (χ1) is 6.15. The Kier molecular flexibility index (Phi) is 9.01. The van der Waals surface area contributed by atoms with E-state index in [0.29, 0.717) is 10.7 Å². The van der Waals surface area contributed by atoms with E-state index in [0.717, 1.165) is 0 Å². The minimum absolute atomic E-state index is 0. The van der Waals surface area contributed by atoms with E-state index in [4.69, 9.17) is 17.3 Å². The minimum Gasteiger partial charge on any atom is -0.387 e. The van der Waals surface area contributed by atoms with Gasteiger partial charge in [0.15, 0.2) is 0 Å². The summed E-state index contributed by atoms with van der Waals surface area (Å²) in [5, 5.41) is 9.90. The predicted molar refractivity (Wildman–Crippen MR) is 66.9 cm³/mol. The van der Waals surface area contributed by atoms with E-state index < -0.39 is 12.1 Å². The number of pyridine rings is 1. The Bertz CT molecular complexity index is 309. The highest BCUT2D eigenvalue weighted by molar-refractivity contribution is 6.30. The number of nitrogens with zero attached hydrogens (tertiary/aromatic N) is 1. The largest absolute Gasteiger partial charge is 0.387 e. The normalized spacial score (nSPS) is 13.0. The van der Waals surface area contributed by atoms with Crippen LogP contribution < -0.4 is 5.73 Å². The average Bonchev–Trinajstić information content (AvgIpc) is 2.15. The second-order valence-electron chi connectivity index (χ2n) is 2.65. The smallest absolute Gasteiger partial charge is 0.0926 e. The molecule has 0 radical (unpaired) electrons. The zero-order valence-electron chi connectivity index (χ0n) is 7.84. The van der Waals surface area contributed by atoms with E-state index in [2.05, 4.69) is 11.6 Å². The van der Waals surface area contributed by atoms with Gasteiger partial charge in [-0.15, -0.1) is 31.4 Å². The van der Waals surface area contributed by atoms with Gasteiger partial charge in [-0.3, -0.25) is 4.98 Å². The summed E-state index contributed by atoms with van der Waals surface area (Å²) in [6.45, 7) is 3.44. The lowest BCUT2D eigenvalue weighted by Gasteiger charge is -2.14. The maximum Gasteiger partial charge on any atom is 0.0926 e. The van der Waals surface area contributed by atoms with Gasteiger partial charge in [0.1, 0.15) is 0 Å². The molecule has 2 atom stereocenters. The van der Waals surface area contributed by atoms with Crippen molar-refractivity contribution < 1.29 is 5.11 Å². The highest BCUT2D eigenvalue weighted by atomic mass is 35.5. The summed E-state index contributed by atoms with van der Waals surface area (Å²) in [6, 6.07) is 2.70. The number of rotatable bonds is 3. The quantitative estimate of drug-likeness (QED) is 0.828. The zero-order valence-corrected chi connectivity index (χ0v) is 10.2. The van der Waals surface area contributed by atoms with Crippen molar-refractivity contribution in [1.29, 1.82) is 0 Å². The number of aromatic nitrogens is 1. The van der Waals surface area contributed by atoms with E-state index in [1.54, 1.807) is 18.3 Å². The van der Waals surface area contributed by atoms with Gasteiger partial charge in [0.25, 0.3) is 0 Å². The third-order valence-electron chi connectivity index (χ3n) is 1.69. The SMILES string of the molecule is C=C[C@H](O)[C@H](N)c1cc(Cl)ccn1.Cl.Cl. The lowest BCUT2D eigenvalue weighted by Crippen LogP contribution is -2.24. The Hall–Kier alpha value is -0.320. The predicted octanol–water partition coefficient (Wildman–Crippen LogP) is 2.13. The molecule has 0 fully saturated rings. The van der Waals surface area contributed by atoms with Crippen molar-refractivity contribution in [3.63, 3.8) is 0 Å². The van der Waals surface area contributed by atoms with Crippen LogP contribution in [0.2, 0.25) is 5.02 Å². The van der Waals surface area contributed by atoms with Crippen molar-refractivity contribution in [2.45, 2.75) is 12.1 Å². The van der Waals surface area contributed by atoms with Crippen LogP contribution in [0.4, 0.5) is 0 Å². The van der Waals surface area contributed by atoms with E-state index >= 15 is 0 Å². The van der Waals surface area contributed by atoms with Crippen molar-refractivity contribution >= 4 is 36.4 Å². The van der Waals surface area contributed by atoms with Gasteiger partial charge in [-0.1, -0.05) is 17.7 Å². The number of aliphatic hydroxyl groups is 1. The van der Waals surface area contributed by atoms with Crippen LogP contribution >= 0.6 is 36.4 Å². The van der Waals surface area contributed by atoms with E-state index in [-0.39, 0.29) is 24.8 Å². The molecule has 0 aromatic carbocycles. The van der Waals surface area contributed by atoms with Gasteiger partial charge in [-0.25, -0.2) is 0 Å². The van der Waals surface area contributed by atoms with Gasteiger partial charge in [-0.05, 0) is 12.1 Å². The molecule has 3 nitrogen and oxygen atoms in total. The van der Waals surface area contributed by atoms with E-state index in [9.17, 15) is 5.11 Å². The first-order valence-corrected chi connectivity index (χ1v) is 4.20. The molecule has 0 saturated heterocycles. The molecule has 3 N–H and O–H groups in total. The van der Waals surface area contributed by atoms with Gasteiger partial charge in [0.2, 0.25) is 0 Å². The molecular formula is C9H13Cl3N2O. The maximum absolute atomic E-state index is 9.34. The van der Waals surface area contributed by atoms with Crippen LogP contribution in [0.25, 0.3) is 0 Å². The molecule has 0 amide bonds. The molecule has 1 aromatic rings. The van der Waals surface area contributed by atoms with Crippen LogP contribution in [0.1, 0.15) is 11.7 Å². The molecule has 0 aliphatic rings. The van der Waals surface area contributed by atoms with Crippen LogP contribution in [0.3, 0.4) is 0 Å². The highest BCUT2D eigenvalue weighted by Gasteiger charge is 2.14. The Labute approximate surface area is 106 Å². The van der Waals surface area contributed by atoms with Gasteiger partial charge in [-0.2, -0.15) is 0 Å². The van der Waals surface area contributed by atoms with E-state index in [1.807, 2.05) is 0 Å². The van der Waals surface area contributed by atoms with Crippen LogP contribution in [-0.2, 0) is 0 Å². The summed E-state index contributed by atoms with van der Waals surface area (Å²) in [7, 11) is 0. The molecule has 1 heterocycles. The van der Waals surface area contributed by atoms with Crippen molar-refractivity contribution in [2.24, 2.45) is 5.73 Å². The van der Waals surface area contributed by atoms with Gasteiger partial charge < -0.3 is 10.8 Å². The monoisotopic (exact) mass is 270 g/mol. The Balaban J connectivity index is 0. The van der Waals surface area contributed by atoms with Crippen LogP contribution in [-0.4, -0.2) is 16.2 Å². The standard InChI is InChI=1S/C9H11ClN2O.2ClH/c1-2-8(13)9(11)7-5-6(10)3-4-12-7;;/h2-5,8-9,13H,1,11H2;2*1H/t8-,9+;;/m0../s1. The Morgan fingerprint density at radius 3 is 2.60 bits per heavy atom. The fourth-order valence-electron chi connectivity index (χ4n) is 0.925. The van der Waals surface area contributed by atoms with Crippen LogP contribution in [0.5, 0.6) is 0 Å². The van der Waals surface area contributed by atoms with Gasteiger partial charge in [0.05, 0.1) is 17.8 Å². The summed E-state index contributed by atoms with van der Waals surface area (Å²) in [5.74, 6) is 0. The summed E-state index contributed by atoms with van der Waals surface area (Å²) < 4.78 is 0. The van der Waals surface area contributed by atoms with Crippen LogP contribution in [0.15, 0.2) is 31.0 Å². The molecule has 1 aromatic heterocycles. The van der Waals surface area contributed by atoms with Crippen molar-refractivity contribution in [3.05, 3.63) is 41.7 Å². The fraction of sp³-hybridized carbons (Fsp3) is 0.222. The second-order valence-corrected chi connectivity index (χ2v) is 3.09. The molecule has 15 heavy (non-hydrogen) atoms. The molecule has 0 aliphatic carbocycles. The number of nitrogens with two attached hydrogens (primary N) is 1. The first kappa shape index (κ1) is 17.1. The number of aliphatic hydroxyl groups excluding tert-OH is 1. The fourth-order valence-corrected chi connectivity index (χ4v) is 1.09. The molecular weight excluding hydrogens is 258 g/mol. The van der Waals surface area contributed by atoms with Gasteiger partial charge >= 0.3 is 0 Å². The van der Waals surface area contributed by atoms with Crippen molar-refractivity contribution in [3.8, 4) is 0 Å². The summed E-state index contributed by atoms with van der Waals surface area (Å²) in [6.07, 6.45) is 2.12. The molecule has 0 aliphatic heterocycles. The Morgan fingerprint density at radius 2 is 2.13 bits per heavy atom.